The van der Waals surface area contributed by atoms with Crippen LogP contribution < -0.4 is 0 Å². The summed E-state index contributed by atoms with van der Waals surface area (Å²) in [4.78, 5) is 59.0. The van der Waals surface area contributed by atoms with Crippen LogP contribution in [0.4, 0.5) is 0 Å². The fourth-order valence-corrected chi connectivity index (χ4v) is 14.3. The molecule has 16 nitrogen and oxygen atoms in total. The molecule has 0 aliphatic carbocycles. The number of carbonyl (C=O) groups is 3. The molecule has 4 N–H and O–H groups in total. The molecular weight excluding hydrogens is 1510 g/mol. The summed E-state index contributed by atoms with van der Waals surface area (Å²) in [6.45, 7) is 2.45. The highest BCUT2D eigenvalue weighted by atomic mass is 31.2. The van der Waals surface area contributed by atoms with Crippen LogP contribution in [0.1, 0.15) is 393 Å². The van der Waals surface area contributed by atoms with Crippen LogP contribution in [0.15, 0.2) is 158 Å². The Kier molecular flexibility index (Phi) is 86.7. The van der Waals surface area contributed by atoms with Crippen LogP contribution in [0.5, 0.6) is 0 Å². The third-order valence-electron chi connectivity index (χ3n) is 19.7. The van der Waals surface area contributed by atoms with Gasteiger partial charge in [-0.25, -0.2) is 9.13 Å². The van der Waals surface area contributed by atoms with Crippen molar-refractivity contribution in [1.29, 1.82) is 0 Å². The monoisotopic (exact) mass is 1680 g/mol. The van der Waals surface area contributed by atoms with E-state index < -0.39 is 91.5 Å². The van der Waals surface area contributed by atoms with Gasteiger partial charge in [-0.1, -0.05) is 384 Å². The number of ether oxygens (including phenoxy) is 3. The van der Waals surface area contributed by atoms with Gasteiger partial charge in [0.2, 0.25) is 0 Å². The number of aliphatic hydroxyl groups is 2. The first-order chi connectivity index (χ1) is 57.2. The van der Waals surface area contributed by atoms with Crippen molar-refractivity contribution >= 4 is 33.6 Å². The maximum absolute atomic E-state index is 13.0. The molecule has 0 aliphatic rings. The Morgan fingerprint density at radius 2 is 0.453 bits per heavy atom. The minimum Gasteiger partial charge on any atom is -0.463 e. The van der Waals surface area contributed by atoms with Crippen LogP contribution in [0.25, 0.3) is 0 Å². The molecule has 0 aromatic rings. The van der Waals surface area contributed by atoms with E-state index in [2.05, 4.69) is 179 Å². The van der Waals surface area contributed by atoms with E-state index >= 15 is 0 Å². The number of hydrogen-bond donors (Lipinski definition) is 4. The van der Waals surface area contributed by atoms with Crippen molar-refractivity contribution in [2.24, 2.45) is 0 Å². The lowest BCUT2D eigenvalue weighted by Crippen LogP contribution is -2.30. The topological polar surface area (TPSA) is 231 Å². The summed E-state index contributed by atoms with van der Waals surface area (Å²) in [5.41, 5.74) is 0. The third-order valence-corrected chi connectivity index (χ3v) is 21.6. The Morgan fingerprint density at radius 1 is 0.248 bits per heavy atom. The lowest BCUT2D eigenvalue weighted by atomic mass is 10.0. The van der Waals surface area contributed by atoms with E-state index in [9.17, 15) is 43.5 Å². The number of unbranched alkanes of at least 4 members (excludes halogenated alkanes) is 39. The standard InChI is InChI=1S/C99H170O16P2/c1-4-7-10-13-16-19-22-25-28-31-33-35-37-39-41-43-45-46-48-50-51-53-55-57-59-62-64-67-70-73-76-79-82-85-97(102)109-88-94(100)89-111-116(105,106)112-90-95(101)91-113-117(107,108)114-93-96(115-99(104)87-84-81-78-75-72-69-66-61-30-27-24-21-18-15-12-9-6-3)92-110-98(103)86-83-80-77-74-71-68-65-63-60-58-56-54-52-49-47-44-42-40-38-36-34-32-29-26-23-20-17-14-11-8-5-2/h8-9,11-12,16-21,25-30,33-36,39-42,66,69,94-96,100-101H,4-7,10,13-15,22-24,31-32,37-38,43-65,67-68,70-93H2,1-3H3,(H,105,106)(H,107,108)/b11-8-,12-9-,19-16-,20-17-,21-18-,28-25-,29-26-,30-27-,35-33-,36-34-,41-39-,42-40-,69-66-. The number of aliphatic hydroxyl groups excluding tert-OH is 2. The van der Waals surface area contributed by atoms with Crippen LogP contribution >= 0.6 is 15.6 Å². The van der Waals surface area contributed by atoms with E-state index in [-0.39, 0.29) is 19.3 Å². The first-order valence-electron chi connectivity index (χ1n) is 46.8. The fraction of sp³-hybridized carbons (Fsp3) is 0.707. The van der Waals surface area contributed by atoms with Gasteiger partial charge in [-0.05, 0) is 148 Å². The number of phosphoric ester groups is 2. The van der Waals surface area contributed by atoms with Crippen LogP contribution in [0.2, 0.25) is 0 Å². The smallest absolute Gasteiger partial charge is 0.463 e. The van der Waals surface area contributed by atoms with Gasteiger partial charge in [-0.15, -0.1) is 0 Å². The largest absolute Gasteiger partial charge is 0.472 e. The molecule has 18 heteroatoms. The predicted molar refractivity (Wildman–Crippen MR) is 491 cm³/mol. The zero-order valence-corrected chi connectivity index (χ0v) is 75.9. The average Bonchev–Trinajstić information content (AvgIpc) is 0.894. The minimum atomic E-state index is -4.95. The van der Waals surface area contributed by atoms with Crippen molar-refractivity contribution in [3.05, 3.63) is 158 Å². The molecule has 0 aliphatic heterocycles. The molecule has 0 fully saturated rings. The van der Waals surface area contributed by atoms with E-state index in [1.807, 2.05) is 0 Å². The molecular formula is C99H170O16P2. The molecule has 5 unspecified atom stereocenters. The third kappa shape index (κ3) is 91.7. The number of rotatable bonds is 88. The van der Waals surface area contributed by atoms with Gasteiger partial charge < -0.3 is 34.2 Å². The van der Waals surface area contributed by atoms with E-state index in [4.69, 9.17) is 32.3 Å². The molecule has 0 saturated heterocycles. The predicted octanol–water partition coefficient (Wildman–Crippen LogP) is 28.9. The molecule has 0 heterocycles. The highest BCUT2D eigenvalue weighted by Gasteiger charge is 2.29. The van der Waals surface area contributed by atoms with Crippen LogP contribution in [-0.4, -0.2) is 95.9 Å². The van der Waals surface area contributed by atoms with Crippen molar-refractivity contribution in [3.63, 3.8) is 0 Å². The summed E-state index contributed by atoms with van der Waals surface area (Å²) in [5.74, 6) is -1.59. The van der Waals surface area contributed by atoms with E-state index in [0.717, 1.165) is 148 Å². The summed E-state index contributed by atoms with van der Waals surface area (Å²) >= 11 is 0. The number of esters is 3. The molecule has 0 saturated carbocycles. The van der Waals surface area contributed by atoms with E-state index in [1.165, 1.54) is 186 Å². The average molecular weight is 1680 g/mol. The highest BCUT2D eigenvalue weighted by molar-refractivity contribution is 7.47. The van der Waals surface area contributed by atoms with Crippen molar-refractivity contribution in [1.82, 2.24) is 0 Å². The van der Waals surface area contributed by atoms with E-state index in [1.54, 1.807) is 0 Å². The molecule has 672 valence electrons. The van der Waals surface area contributed by atoms with Crippen molar-refractivity contribution in [2.75, 3.05) is 39.6 Å². The van der Waals surface area contributed by atoms with Gasteiger partial charge in [-0.2, -0.15) is 0 Å². The first kappa shape index (κ1) is 112. The normalized spacial score (nSPS) is 14.5. The Labute approximate surface area is 714 Å². The number of allylic oxidation sites excluding steroid dienone is 26. The van der Waals surface area contributed by atoms with Crippen LogP contribution in [0, 0.1) is 0 Å². The maximum Gasteiger partial charge on any atom is 0.472 e. The summed E-state index contributed by atoms with van der Waals surface area (Å²) in [7, 11) is -9.81. The summed E-state index contributed by atoms with van der Waals surface area (Å²) in [6, 6.07) is 0. The van der Waals surface area contributed by atoms with Gasteiger partial charge in [0, 0.05) is 19.3 Å². The van der Waals surface area contributed by atoms with Gasteiger partial charge in [-0.3, -0.25) is 32.5 Å². The molecule has 5 atom stereocenters. The van der Waals surface area contributed by atoms with Gasteiger partial charge in [0.25, 0.3) is 0 Å². The maximum atomic E-state index is 13.0. The van der Waals surface area contributed by atoms with Crippen molar-refractivity contribution in [3.8, 4) is 0 Å². The first-order valence-corrected chi connectivity index (χ1v) is 49.8. The van der Waals surface area contributed by atoms with Crippen molar-refractivity contribution in [2.45, 2.75) is 411 Å². The molecule has 0 rings (SSSR count). The van der Waals surface area contributed by atoms with Gasteiger partial charge in [0.1, 0.15) is 25.4 Å². The fourth-order valence-electron chi connectivity index (χ4n) is 12.7. The second-order valence-electron chi connectivity index (χ2n) is 31.0. The minimum absolute atomic E-state index is 0.0742. The highest BCUT2D eigenvalue weighted by Crippen LogP contribution is 2.45. The summed E-state index contributed by atoms with van der Waals surface area (Å²) in [6.07, 6.45) is 116. The Morgan fingerprint density at radius 3 is 0.718 bits per heavy atom. The zero-order chi connectivity index (χ0) is 85.1. The second kappa shape index (κ2) is 90.4. The molecule has 0 bridgehead atoms. The summed E-state index contributed by atoms with van der Waals surface area (Å²) < 4.78 is 61.4. The van der Waals surface area contributed by atoms with Crippen LogP contribution in [0.3, 0.4) is 0 Å². The quantitative estimate of drug-likeness (QED) is 0.0146. The lowest BCUT2D eigenvalue weighted by Gasteiger charge is -2.21. The number of carbonyl (C=O) groups excluding carboxylic acids is 3. The van der Waals surface area contributed by atoms with Crippen LogP contribution in [-0.2, 0) is 55.8 Å². The molecule has 0 aromatic carbocycles. The Bertz CT molecular complexity index is 2760. The molecule has 117 heavy (non-hydrogen) atoms. The SMILES string of the molecule is CC/C=C\C/C=C\C/C=C\C/C=C\C/C=C\CCCCCCCCCCCCCCCCCC(=O)OCC(COP(=O)(O)OCC(O)COP(=O)(O)OCC(O)COC(=O)CCCCCCCCCCCCCCCCCCC/C=C\C/C=C\C/C=C\C/C=C\CCCCC)OC(=O)CCCCCC/C=C\C/C=C\C/C=C\C/C=C\CC. The molecule has 0 amide bonds. The van der Waals surface area contributed by atoms with E-state index in [0.29, 0.717) is 19.3 Å². The lowest BCUT2D eigenvalue weighted by molar-refractivity contribution is -0.161. The second-order valence-corrected chi connectivity index (χ2v) is 34.0. The molecule has 0 aromatic heterocycles. The summed E-state index contributed by atoms with van der Waals surface area (Å²) in [5, 5.41) is 20.7. The number of phosphoric acid groups is 2. The Balaban J connectivity index is 4.49. The van der Waals surface area contributed by atoms with Crippen molar-refractivity contribution < 1.29 is 75.8 Å². The zero-order valence-electron chi connectivity index (χ0n) is 74.1. The van der Waals surface area contributed by atoms with Gasteiger partial charge in [0.15, 0.2) is 6.10 Å². The molecule has 0 spiro atoms. The van der Waals surface area contributed by atoms with Gasteiger partial charge in [0.05, 0.1) is 26.4 Å². The molecule has 0 radical (unpaired) electrons. The number of hydrogen-bond acceptors (Lipinski definition) is 14. The Hall–Kier alpha value is -4.83. The van der Waals surface area contributed by atoms with Gasteiger partial charge >= 0.3 is 33.6 Å².